The van der Waals surface area contributed by atoms with E-state index in [1.165, 1.54) is 35.2 Å². The molecule has 0 radical (unpaired) electrons. The SMILES string of the molecule is COc1ccc(CSc2nnc(SCC(=O)Nc3ccccc3F)s2)cc1. The normalized spacial score (nSPS) is 10.6. The highest BCUT2D eigenvalue weighted by molar-refractivity contribution is 8.03. The summed E-state index contributed by atoms with van der Waals surface area (Å²) in [7, 11) is 1.64. The Labute approximate surface area is 168 Å². The fraction of sp³-hybridized carbons (Fsp3) is 0.167. The van der Waals surface area contributed by atoms with Crippen LogP contribution in [0.15, 0.2) is 57.2 Å². The van der Waals surface area contributed by atoms with Gasteiger partial charge in [-0.15, -0.1) is 10.2 Å². The monoisotopic (exact) mass is 421 g/mol. The van der Waals surface area contributed by atoms with Crippen molar-refractivity contribution in [1.29, 1.82) is 0 Å². The van der Waals surface area contributed by atoms with Crippen molar-refractivity contribution in [1.82, 2.24) is 10.2 Å². The Morgan fingerprint density at radius 3 is 2.52 bits per heavy atom. The number of aromatic nitrogens is 2. The van der Waals surface area contributed by atoms with Crippen LogP contribution in [-0.2, 0) is 10.5 Å². The van der Waals surface area contributed by atoms with Crippen molar-refractivity contribution in [3.63, 3.8) is 0 Å². The summed E-state index contributed by atoms with van der Waals surface area (Å²) in [5.74, 6) is 1.01. The maximum atomic E-state index is 13.5. The summed E-state index contributed by atoms with van der Waals surface area (Å²) < 4.78 is 20.2. The zero-order chi connectivity index (χ0) is 19.1. The molecule has 1 amide bonds. The third kappa shape index (κ3) is 5.95. The number of nitrogens with one attached hydrogen (secondary N) is 1. The van der Waals surface area contributed by atoms with E-state index in [2.05, 4.69) is 15.5 Å². The maximum absolute atomic E-state index is 13.5. The summed E-state index contributed by atoms with van der Waals surface area (Å²) in [5, 5.41) is 10.8. The van der Waals surface area contributed by atoms with Gasteiger partial charge in [0.05, 0.1) is 18.6 Å². The Morgan fingerprint density at radius 2 is 1.81 bits per heavy atom. The molecule has 0 atom stereocenters. The van der Waals surface area contributed by atoms with Gasteiger partial charge in [0, 0.05) is 5.75 Å². The lowest BCUT2D eigenvalue weighted by atomic mass is 10.2. The van der Waals surface area contributed by atoms with Gasteiger partial charge in [0.15, 0.2) is 8.68 Å². The lowest BCUT2D eigenvalue weighted by molar-refractivity contribution is -0.113. The number of halogens is 1. The van der Waals surface area contributed by atoms with E-state index in [9.17, 15) is 9.18 Å². The molecule has 0 aliphatic rings. The van der Waals surface area contributed by atoms with Crippen molar-refractivity contribution >= 4 is 46.5 Å². The van der Waals surface area contributed by atoms with Crippen LogP contribution in [0.1, 0.15) is 5.56 Å². The van der Waals surface area contributed by atoms with Gasteiger partial charge in [-0.05, 0) is 29.8 Å². The average Bonchev–Trinajstić information content (AvgIpc) is 3.15. The lowest BCUT2D eigenvalue weighted by Crippen LogP contribution is -2.14. The van der Waals surface area contributed by atoms with Crippen LogP contribution in [0.4, 0.5) is 10.1 Å². The molecule has 1 heterocycles. The second kappa shape index (κ2) is 9.72. The molecule has 9 heteroatoms. The zero-order valence-corrected chi connectivity index (χ0v) is 16.8. The minimum absolute atomic E-state index is 0.145. The van der Waals surface area contributed by atoms with Crippen molar-refractivity contribution in [2.24, 2.45) is 0 Å². The van der Waals surface area contributed by atoms with Crippen LogP contribution in [0.25, 0.3) is 0 Å². The van der Waals surface area contributed by atoms with Crippen molar-refractivity contribution in [2.75, 3.05) is 18.2 Å². The third-order valence-corrected chi connectivity index (χ3v) is 6.65. The number of nitrogens with zero attached hydrogens (tertiary/aromatic N) is 2. The number of para-hydroxylation sites is 1. The van der Waals surface area contributed by atoms with E-state index >= 15 is 0 Å². The van der Waals surface area contributed by atoms with Gasteiger partial charge >= 0.3 is 0 Å². The first-order valence-corrected chi connectivity index (χ1v) is 10.7. The molecule has 3 rings (SSSR count). The summed E-state index contributed by atoms with van der Waals surface area (Å²) in [4.78, 5) is 12.0. The number of benzene rings is 2. The first kappa shape index (κ1) is 19.7. The molecular weight excluding hydrogens is 405 g/mol. The van der Waals surface area contributed by atoms with Crippen molar-refractivity contribution in [3.05, 3.63) is 59.9 Å². The molecular formula is C18H16FN3O2S3. The lowest BCUT2D eigenvalue weighted by Gasteiger charge is -2.04. The third-order valence-electron chi connectivity index (χ3n) is 3.38. The standard InChI is InChI=1S/C18H16FN3O2S3/c1-24-13-8-6-12(7-9-13)10-25-17-21-22-18(27-17)26-11-16(23)20-15-5-3-2-4-14(15)19/h2-9H,10-11H2,1H3,(H,20,23). The van der Waals surface area contributed by atoms with Crippen LogP contribution in [0, 0.1) is 5.82 Å². The quantitative estimate of drug-likeness (QED) is 0.532. The number of methoxy groups -OCH3 is 1. The number of ether oxygens (including phenoxy) is 1. The largest absolute Gasteiger partial charge is 0.497 e. The predicted octanol–water partition coefficient (Wildman–Crippen LogP) is 4.71. The van der Waals surface area contributed by atoms with Crippen LogP contribution in [0.3, 0.4) is 0 Å². The smallest absolute Gasteiger partial charge is 0.234 e. The molecule has 5 nitrogen and oxygen atoms in total. The zero-order valence-electron chi connectivity index (χ0n) is 14.3. The Bertz CT molecular complexity index is 903. The molecule has 140 valence electrons. The van der Waals surface area contributed by atoms with Crippen LogP contribution in [-0.4, -0.2) is 29.0 Å². The number of hydrogen-bond acceptors (Lipinski definition) is 7. The van der Waals surface area contributed by atoms with E-state index in [1.807, 2.05) is 24.3 Å². The van der Waals surface area contributed by atoms with E-state index < -0.39 is 5.82 Å². The van der Waals surface area contributed by atoms with E-state index in [-0.39, 0.29) is 17.3 Å². The number of rotatable bonds is 8. The Kier molecular flexibility index (Phi) is 7.08. The molecule has 0 saturated carbocycles. The minimum atomic E-state index is -0.455. The fourth-order valence-corrected chi connectivity index (χ4v) is 4.83. The molecule has 2 aromatic carbocycles. The number of anilines is 1. The molecule has 0 aliphatic heterocycles. The first-order valence-electron chi connectivity index (χ1n) is 7.90. The molecule has 1 N–H and O–H groups in total. The highest BCUT2D eigenvalue weighted by Gasteiger charge is 2.10. The Morgan fingerprint density at radius 1 is 1.11 bits per heavy atom. The average molecular weight is 422 g/mol. The number of carbonyl (C=O) groups is 1. The summed E-state index contributed by atoms with van der Waals surface area (Å²) in [6, 6.07) is 13.9. The number of carbonyl (C=O) groups excluding carboxylic acids is 1. The van der Waals surface area contributed by atoms with Gasteiger partial charge in [0.25, 0.3) is 0 Å². The minimum Gasteiger partial charge on any atom is -0.497 e. The molecule has 3 aromatic rings. The molecule has 0 fully saturated rings. The van der Waals surface area contributed by atoms with E-state index in [1.54, 1.807) is 31.0 Å². The van der Waals surface area contributed by atoms with Crippen molar-refractivity contribution in [2.45, 2.75) is 14.4 Å². The second-order valence-electron chi connectivity index (χ2n) is 5.29. The van der Waals surface area contributed by atoms with Crippen LogP contribution in [0.5, 0.6) is 5.75 Å². The van der Waals surface area contributed by atoms with Crippen molar-refractivity contribution in [3.8, 4) is 5.75 Å². The van der Waals surface area contributed by atoms with E-state index in [0.29, 0.717) is 4.34 Å². The predicted molar refractivity (Wildman–Crippen MR) is 108 cm³/mol. The molecule has 27 heavy (non-hydrogen) atoms. The summed E-state index contributed by atoms with van der Waals surface area (Å²) in [6.07, 6.45) is 0. The van der Waals surface area contributed by atoms with Crippen LogP contribution < -0.4 is 10.1 Å². The summed E-state index contributed by atoms with van der Waals surface area (Å²) >= 11 is 4.31. The van der Waals surface area contributed by atoms with Gasteiger partial charge in [-0.3, -0.25) is 4.79 Å². The van der Waals surface area contributed by atoms with Gasteiger partial charge in [0.2, 0.25) is 5.91 Å². The maximum Gasteiger partial charge on any atom is 0.234 e. The Hall–Kier alpha value is -2.10. The highest BCUT2D eigenvalue weighted by Crippen LogP contribution is 2.31. The summed E-state index contributed by atoms with van der Waals surface area (Å²) in [5.41, 5.74) is 1.34. The molecule has 0 unspecified atom stereocenters. The fourth-order valence-electron chi connectivity index (χ4n) is 2.06. The second-order valence-corrected chi connectivity index (χ2v) is 8.71. The topological polar surface area (TPSA) is 64.1 Å². The molecule has 0 bridgehead atoms. The van der Waals surface area contributed by atoms with Crippen LogP contribution >= 0.6 is 34.9 Å². The number of thioether (sulfide) groups is 2. The first-order chi connectivity index (χ1) is 13.1. The van der Waals surface area contributed by atoms with E-state index in [0.717, 1.165) is 21.4 Å². The van der Waals surface area contributed by atoms with Gasteiger partial charge in [-0.2, -0.15) is 0 Å². The van der Waals surface area contributed by atoms with Crippen molar-refractivity contribution < 1.29 is 13.9 Å². The Balaban J connectivity index is 1.46. The van der Waals surface area contributed by atoms with Gasteiger partial charge in [-0.25, -0.2) is 4.39 Å². The van der Waals surface area contributed by atoms with Gasteiger partial charge in [-0.1, -0.05) is 59.1 Å². The van der Waals surface area contributed by atoms with Gasteiger partial charge in [0.1, 0.15) is 11.6 Å². The van der Waals surface area contributed by atoms with Crippen LogP contribution in [0.2, 0.25) is 0 Å². The highest BCUT2D eigenvalue weighted by atomic mass is 32.2. The molecule has 0 saturated heterocycles. The molecule has 0 spiro atoms. The number of amides is 1. The van der Waals surface area contributed by atoms with Gasteiger partial charge < -0.3 is 10.1 Å². The molecule has 1 aromatic heterocycles. The van der Waals surface area contributed by atoms with E-state index in [4.69, 9.17) is 4.74 Å². The molecule has 0 aliphatic carbocycles. The summed E-state index contributed by atoms with van der Waals surface area (Å²) in [6.45, 7) is 0. The number of hydrogen-bond donors (Lipinski definition) is 1.